The fraction of sp³-hybridized carbons (Fsp3) is 0.250. The highest BCUT2D eigenvalue weighted by Gasteiger charge is 2.16. The zero-order valence-electron chi connectivity index (χ0n) is 15.8. The van der Waals surface area contributed by atoms with Crippen molar-refractivity contribution >= 4 is 17.8 Å². The molecule has 0 saturated carbocycles. The van der Waals surface area contributed by atoms with E-state index >= 15 is 0 Å². The zero-order valence-corrected chi connectivity index (χ0v) is 15.8. The Labute approximate surface area is 166 Å². The molecule has 0 aromatic heterocycles. The van der Waals surface area contributed by atoms with Crippen LogP contribution in [0.5, 0.6) is 5.75 Å². The predicted molar refractivity (Wildman–Crippen MR) is 99.2 cm³/mol. The maximum Gasteiger partial charge on any atom is 0.325 e. The lowest BCUT2D eigenvalue weighted by Crippen LogP contribution is -2.35. The number of amides is 2. The van der Waals surface area contributed by atoms with Crippen molar-refractivity contribution in [3.63, 3.8) is 0 Å². The average Bonchev–Trinajstić information content (AvgIpc) is 2.70. The molecule has 9 heteroatoms. The summed E-state index contributed by atoms with van der Waals surface area (Å²) in [6, 6.07) is 8.51. The Morgan fingerprint density at radius 3 is 2.38 bits per heavy atom. The monoisotopic (exact) mass is 406 g/mol. The highest BCUT2D eigenvalue weighted by atomic mass is 19.1. The first-order valence-electron chi connectivity index (χ1n) is 8.62. The van der Waals surface area contributed by atoms with Crippen molar-refractivity contribution in [1.82, 2.24) is 10.6 Å². The average molecular weight is 406 g/mol. The van der Waals surface area contributed by atoms with Gasteiger partial charge in [-0.2, -0.15) is 0 Å². The normalized spacial score (nSPS) is 11.3. The van der Waals surface area contributed by atoms with Gasteiger partial charge in [0, 0.05) is 17.2 Å². The van der Waals surface area contributed by atoms with Crippen molar-refractivity contribution in [2.24, 2.45) is 0 Å². The van der Waals surface area contributed by atoms with Crippen molar-refractivity contribution in [3.8, 4) is 5.75 Å². The summed E-state index contributed by atoms with van der Waals surface area (Å²) < 4.78 is 36.4. The Bertz CT molecular complexity index is 887. The number of halogens is 2. The molecule has 2 amide bonds. The molecule has 0 aliphatic heterocycles. The minimum Gasteiger partial charge on any atom is -0.497 e. The van der Waals surface area contributed by atoms with Crippen LogP contribution in [0.4, 0.5) is 8.78 Å². The van der Waals surface area contributed by atoms with E-state index in [4.69, 9.17) is 9.47 Å². The smallest absolute Gasteiger partial charge is 0.325 e. The molecule has 2 N–H and O–H groups in total. The van der Waals surface area contributed by atoms with E-state index in [-0.39, 0.29) is 5.56 Å². The third-order valence-electron chi connectivity index (χ3n) is 3.92. The van der Waals surface area contributed by atoms with Gasteiger partial charge in [0.05, 0.1) is 13.2 Å². The van der Waals surface area contributed by atoms with Crippen molar-refractivity contribution < 1.29 is 32.6 Å². The molecule has 0 unspecified atom stereocenters. The molecule has 0 saturated heterocycles. The third-order valence-corrected chi connectivity index (χ3v) is 3.92. The van der Waals surface area contributed by atoms with E-state index in [0.29, 0.717) is 17.4 Å². The quantitative estimate of drug-likeness (QED) is 0.655. The van der Waals surface area contributed by atoms with Crippen LogP contribution < -0.4 is 15.4 Å². The summed E-state index contributed by atoms with van der Waals surface area (Å²) >= 11 is 0. The summed E-state index contributed by atoms with van der Waals surface area (Å²) in [5, 5.41) is 4.80. The first-order valence-corrected chi connectivity index (χ1v) is 8.62. The van der Waals surface area contributed by atoms with Crippen LogP contribution in [0.25, 0.3) is 0 Å². The second kappa shape index (κ2) is 10.2. The molecular formula is C20H20F2N2O5. The number of benzene rings is 2. The van der Waals surface area contributed by atoms with Crippen LogP contribution in [-0.2, 0) is 14.3 Å². The van der Waals surface area contributed by atoms with Gasteiger partial charge in [-0.25, -0.2) is 8.78 Å². The second-order valence-corrected chi connectivity index (χ2v) is 6.03. The van der Waals surface area contributed by atoms with Gasteiger partial charge in [0.1, 0.15) is 23.9 Å². The maximum absolute atomic E-state index is 13.7. The van der Waals surface area contributed by atoms with Crippen LogP contribution >= 0.6 is 0 Å². The minimum absolute atomic E-state index is 0.0952. The van der Waals surface area contributed by atoms with Crippen LogP contribution in [0, 0.1) is 11.6 Å². The number of rotatable bonds is 8. The number of esters is 1. The minimum atomic E-state index is -0.817. The van der Waals surface area contributed by atoms with E-state index in [0.717, 1.165) is 6.07 Å². The largest absolute Gasteiger partial charge is 0.497 e. The fourth-order valence-corrected chi connectivity index (χ4v) is 2.41. The standard InChI is InChI=1S/C20H20F2N2O5/c1-12(16-8-5-14(21)9-17(16)22)24-18(25)11-29-19(26)10-23-20(27)13-3-6-15(28-2)7-4-13/h3-9,12H,10-11H2,1-2H3,(H,23,27)(H,24,25)/t12-/m0/s1. The molecule has 0 aliphatic carbocycles. The number of ether oxygens (including phenoxy) is 2. The van der Waals surface area contributed by atoms with E-state index in [1.165, 1.54) is 32.2 Å². The molecule has 154 valence electrons. The Kier molecular flexibility index (Phi) is 7.64. The number of carbonyl (C=O) groups is 3. The summed E-state index contributed by atoms with van der Waals surface area (Å²) in [7, 11) is 1.50. The maximum atomic E-state index is 13.7. The molecule has 0 spiro atoms. The van der Waals surface area contributed by atoms with E-state index in [2.05, 4.69) is 10.6 Å². The Morgan fingerprint density at radius 1 is 1.07 bits per heavy atom. The Balaban J connectivity index is 1.75. The molecular weight excluding hydrogens is 386 g/mol. The van der Waals surface area contributed by atoms with Crippen LogP contribution in [0.1, 0.15) is 28.9 Å². The predicted octanol–water partition coefficient (Wildman–Crippen LogP) is 2.12. The number of hydrogen-bond acceptors (Lipinski definition) is 5. The lowest BCUT2D eigenvalue weighted by atomic mass is 10.1. The summed E-state index contributed by atoms with van der Waals surface area (Å²) in [4.78, 5) is 35.5. The van der Waals surface area contributed by atoms with Gasteiger partial charge in [-0.05, 0) is 37.3 Å². The van der Waals surface area contributed by atoms with E-state index in [9.17, 15) is 23.2 Å². The van der Waals surface area contributed by atoms with Crippen molar-refractivity contribution in [2.45, 2.75) is 13.0 Å². The molecule has 0 fully saturated rings. The van der Waals surface area contributed by atoms with Crippen molar-refractivity contribution in [1.29, 1.82) is 0 Å². The van der Waals surface area contributed by atoms with Gasteiger partial charge in [-0.15, -0.1) is 0 Å². The molecule has 1 atom stereocenters. The number of hydrogen-bond donors (Lipinski definition) is 2. The van der Waals surface area contributed by atoms with Crippen LogP contribution in [0.15, 0.2) is 42.5 Å². The summed E-state index contributed by atoms with van der Waals surface area (Å²) in [6.45, 7) is 0.468. The molecule has 0 heterocycles. The molecule has 0 radical (unpaired) electrons. The Morgan fingerprint density at radius 2 is 1.76 bits per heavy atom. The molecule has 2 rings (SSSR count). The molecule has 0 aliphatic rings. The summed E-state index contributed by atoms with van der Waals surface area (Å²) in [5.74, 6) is -2.92. The van der Waals surface area contributed by atoms with E-state index in [1.807, 2.05) is 0 Å². The van der Waals surface area contributed by atoms with E-state index < -0.39 is 48.6 Å². The van der Waals surface area contributed by atoms with Crippen molar-refractivity contribution in [2.75, 3.05) is 20.3 Å². The van der Waals surface area contributed by atoms with Gasteiger partial charge in [-0.3, -0.25) is 14.4 Å². The SMILES string of the molecule is COc1ccc(C(=O)NCC(=O)OCC(=O)N[C@@H](C)c2ccc(F)cc2F)cc1. The third kappa shape index (κ3) is 6.56. The van der Waals surface area contributed by atoms with Gasteiger partial charge in [-0.1, -0.05) is 6.07 Å². The number of carbonyl (C=O) groups excluding carboxylic acids is 3. The van der Waals surface area contributed by atoms with Crippen LogP contribution in [-0.4, -0.2) is 38.0 Å². The van der Waals surface area contributed by atoms with Gasteiger partial charge < -0.3 is 20.1 Å². The Hall–Kier alpha value is -3.49. The van der Waals surface area contributed by atoms with Gasteiger partial charge in [0.2, 0.25) is 0 Å². The number of nitrogens with one attached hydrogen (secondary N) is 2. The number of methoxy groups -OCH3 is 1. The molecule has 2 aromatic rings. The summed E-state index contributed by atoms with van der Waals surface area (Å²) in [6.07, 6.45) is 0. The molecule has 7 nitrogen and oxygen atoms in total. The fourth-order valence-electron chi connectivity index (χ4n) is 2.41. The summed E-state index contributed by atoms with van der Waals surface area (Å²) in [5.41, 5.74) is 0.421. The zero-order chi connectivity index (χ0) is 21.4. The topological polar surface area (TPSA) is 93.7 Å². The van der Waals surface area contributed by atoms with Crippen LogP contribution in [0.2, 0.25) is 0 Å². The molecule has 29 heavy (non-hydrogen) atoms. The molecule has 0 bridgehead atoms. The highest BCUT2D eigenvalue weighted by Crippen LogP contribution is 2.17. The van der Waals surface area contributed by atoms with Gasteiger partial charge in [0.15, 0.2) is 6.61 Å². The van der Waals surface area contributed by atoms with Gasteiger partial charge in [0.25, 0.3) is 11.8 Å². The van der Waals surface area contributed by atoms with E-state index in [1.54, 1.807) is 12.1 Å². The second-order valence-electron chi connectivity index (χ2n) is 6.03. The van der Waals surface area contributed by atoms with Crippen LogP contribution in [0.3, 0.4) is 0 Å². The highest BCUT2D eigenvalue weighted by molar-refractivity contribution is 5.96. The van der Waals surface area contributed by atoms with Crippen molar-refractivity contribution in [3.05, 3.63) is 65.2 Å². The van der Waals surface area contributed by atoms with Gasteiger partial charge >= 0.3 is 5.97 Å². The first kappa shape index (κ1) is 21.8. The first-order chi connectivity index (χ1) is 13.8. The molecule has 2 aromatic carbocycles. The lowest BCUT2D eigenvalue weighted by Gasteiger charge is -2.15. The lowest BCUT2D eigenvalue weighted by molar-refractivity contribution is -0.147.